The van der Waals surface area contributed by atoms with Crippen LogP contribution >= 0.6 is 15.9 Å². The summed E-state index contributed by atoms with van der Waals surface area (Å²) in [5, 5.41) is 0. The van der Waals surface area contributed by atoms with Crippen LogP contribution in [0.15, 0.2) is 52.1 Å². The summed E-state index contributed by atoms with van der Waals surface area (Å²) in [6.07, 6.45) is 2.76. The van der Waals surface area contributed by atoms with E-state index in [1.807, 2.05) is 6.07 Å². The second kappa shape index (κ2) is 5.07. The predicted molar refractivity (Wildman–Crippen MR) is 73.7 cm³/mol. The number of aromatic nitrogens is 1. The minimum Gasteiger partial charge on any atom is -0.396 e. The zero-order chi connectivity index (χ0) is 13.2. The van der Waals surface area contributed by atoms with Gasteiger partial charge in [-0.2, -0.15) is 0 Å². The molecule has 0 saturated carbocycles. The molecule has 0 aliphatic heterocycles. The van der Waals surface area contributed by atoms with E-state index in [4.69, 9.17) is 5.73 Å². The number of nitrogen functional groups attached to an aromatic ring is 1. The summed E-state index contributed by atoms with van der Waals surface area (Å²) in [6.45, 7) is 0. The molecule has 1 aromatic carbocycles. The van der Waals surface area contributed by atoms with Gasteiger partial charge in [0, 0.05) is 10.7 Å². The summed E-state index contributed by atoms with van der Waals surface area (Å²) in [4.78, 5) is 3.91. The first-order valence-corrected chi connectivity index (χ1v) is 7.60. The molecule has 0 aliphatic rings. The van der Waals surface area contributed by atoms with Crippen molar-refractivity contribution in [3.05, 3.63) is 52.8 Å². The Hall–Kier alpha value is -1.40. The van der Waals surface area contributed by atoms with Gasteiger partial charge in [-0.1, -0.05) is 28.1 Å². The summed E-state index contributed by atoms with van der Waals surface area (Å²) in [5.41, 5.74) is 6.52. The first-order valence-electron chi connectivity index (χ1n) is 5.16. The number of hydrogen-bond donors (Lipinski definition) is 1. The Balaban J connectivity index is 2.37. The summed E-state index contributed by atoms with van der Waals surface area (Å²) in [7, 11) is -3.45. The van der Waals surface area contributed by atoms with E-state index in [0.29, 0.717) is 5.56 Å². The van der Waals surface area contributed by atoms with E-state index in [0.717, 1.165) is 4.47 Å². The maximum absolute atomic E-state index is 12.2. The van der Waals surface area contributed by atoms with Crippen molar-refractivity contribution in [3.63, 3.8) is 0 Å². The van der Waals surface area contributed by atoms with Gasteiger partial charge in [-0.25, -0.2) is 8.42 Å². The molecule has 2 rings (SSSR count). The van der Waals surface area contributed by atoms with E-state index in [9.17, 15) is 8.42 Å². The monoisotopic (exact) mass is 326 g/mol. The molecule has 2 aromatic rings. The van der Waals surface area contributed by atoms with Gasteiger partial charge in [0.15, 0.2) is 9.84 Å². The Kier molecular flexibility index (Phi) is 3.68. The molecular weight excluding hydrogens is 316 g/mol. The fraction of sp³-hybridized carbons (Fsp3) is 0.0833. The molecule has 0 spiro atoms. The van der Waals surface area contributed by atoms with Crippen LogP contribution in [-0.4, -0.2) is 13.4 Å². The lowest BCUT2D eigenvalue weighted by Crippen LogP contribution is -2.08. The van der Waals surface area contributed by atoms with E-state index >= 15 is 0 Å². The minimum absolute atomic E-state index is 0.0827. The van der Waals surface area contributed by atoms with Gasteiger partial charge in [0.25, 0.3) is 0 Å². The number of sulfone groups is 1. The normalized spacial score (nSPS) is 11.4. The Morgan fingerprint density at radius 1 is 1.28 bits per heavy atom. The fourth-order valence-electron chi connectivity index (χ4n) is 1.60. The van der Waals surface area contributed by atoms with Crippen LogP contribution in [0.5, 0.6) is 0 Å². The number of nitrogens with zero attached hydrogens (tertiary/aromatic N) is 1. The third-order valence-electron chi connectivity index (χ3n) is 2.39. The van der Waals surface area contributed by atoms with Crippen molar-refractivity contribution in [1.82, 2.24) is 4.98 Å². The molecule has 6 heteroatoms. The van der Waals surface area contributed by atoms with Crippen LogP contribution in [0.1, 0.15) is 5.56 Å². The number of halogens is 1. The molecule has 0 amide bonds. The lowest BCUT2D eigenvalue weighted by atomic mass is 10.2. The summed E-state index contributed by atoms with van der Waals surface area (Å²) >= 11 is 3.31. The van der Waals surface area contributed by atoms with Gasteiger partial charge in [0.05, 0.1) is 22.5 Å². The number of rotatable bonds is 3. The van der Waals surface area contributed by atoms with E-state index in [2.05, 4.69) is 20.9 Å². The second-order valence-electron chi connectivity index (χ2n) is 3.80. The van der Waals surface area contributed by atoms with E-state index < -0.39 is 9.84 Å². The van der Waals surface area contributed by atoms with Crippen molar-refractivity contribution in [2.75, 3.05) is 5.73 Å². The number of benzene rings is 1. The quantitative estimate of drug-likeness (QED) is 0.939. The number of anilines is 1. The van der Waals surface area contributed by atoms with Crippen LogP contribution in [0, 0.1) is 0 Å². The van der Waals surface area contributed by atoms with Crippen molar-refractivity contribution in [1.29, 1.82) is 0 Å². The van der Waals surface area contributed by atoms with Gasteiger partial charge in [-0.3, -0.25) is 4.98 Å². The van der Waals surface area contributed by atoms with Crippen LogP contribution in [0.3, 0.4) is 0 Å². The highest BCUT2D eigenvalue weighted by molar-refractivity contribution is 9.10. The molecule has 0 atom stereocenters. The highest BCUT2D eigenvalue weighted by atomic mass is 79.9. The molecule has 1 heterocycles. The van der Waals surface area contributed by atoms with Crippen molar-refractivity contribution in [2.24, 2.45) is 0 Å². The van der Waals surface area contributed by atoms with Gasteiger partial charge >= 0.3 is 0 Å². The first kappa shape index (κ1) is 13.0. The standard InChI is InChI=1S/C12H11BrN2O2S/c13-10-3-1-2-9(6-10)8-18(16,17)12-4-5-15-7-11(12)14/h1-7H,8,14H2. The molecule has 18 heavy (non-hydrogen) atoms. The first-order chi connectivity index (χ1) is 8.49. The Morgan fingerprint density at radius 2 is 2.06 bits per heavy atom. The van der Waals surface area contributed by atoms with Gasteiger partial charge in [-0.15, -0.1) is 0 Å². The summed E-state index contributed by atoms with van der Waals surface area (Å²) in [5.74, 6) is -0.0827. The molecule has 94 valence electrons. The van der Waals surface area contributed by atoms with Gasteiger partial charge < -0.3 is 5.73 Å². The van der Waals surface area contributed by atoms with Crippen LogP contribution in [0.25, 0.3) is 0 Å². The zero-order valence-electron chi connectivity index (χ0n) is 9.38. The zero-order valence-corrected chi connectivity index (χ0v) is 11.8. The Morgan fingerprint density at radius 3 is 2.72 bits per heavy atom. The molecule has 0 unspecified atom stereocenters. The summed E-state index contributed by atoms with van der Waals surface area (Å²) in [6, 6.07) is 8.60. The lowest BCUT2D eigenvalue weighted by Gasteiger charge is -2.07. The molecule has 0 radical (unpaired) electrons. The third-order valence-corrected chi connectivity index (χ3v) is 4.64. The number of hydrogen-bond acceptors (Lipinski definition) is 4. The minimum atomic E-state index is -3.45. The molecular formula is C12H11BrN2O2S. The van der Waals surface area contributed by atoms with Crippen LogP contribution in [0.4, 0.5) is 5.69 Å². The molecule has 0 aliphatic carbocycles. The number of nitrogens with two attached hydrogens (primary N) is 1. The summed E-state index contributed by atoms with van der Waals surface area (Å²) < 4.78 is 25.3. The predicted octanol–water partition coefficient (Wildman–Crippen LogP) is 2.40. The van der Waals surface area contributed by atoms with Gasteiger partial charge in [0.2, 0.25) is 0 Å². The second-order valence-corrected chi connectivity index (χ2v) is 6.68. The van der Waals surface area contributed by atoms with Crippen LogP contribution in [-0.2, 0) is 15.6 Å². The molecule has 0 bridgehead atoms. The van der Waals surface area contributed by atoms with Gasteiger partial charge in [-0.05, 0) is 23.8 Å². The van der Waals surface area contributed by atoms with Crippen molar-refractivity contribution in [3.8, 4) is 0 Å². The highest BCUT2D eigenvalue weighted by Crippen LogP contribution is 2.22. The topological polar surface area (TPSA) is 73.0 Å². The van der Waals surface area contributed by atoms with E-state index in [-0.39, 0.29) is 16.3 Å². The highest BCUT2D eigenvalue weighted by Gasteiger charge is 2.18. The number of pyridine rings is 1. The third kappa shape index (κ3) is 2.88. The van der Waals surface area contributed by atoms with Crippen LogP contribution in [0.2, 0.25) is 0 Å². The average molecular weight is 327 g/mol. The molecule has 0 fully saturated rings. The SMILES string of the molecule is Nc1cnccc1S(=O)(=O)Cc1cccc(Br)c1. The van der Waals surface area contributed by atoms with Crippen molar-refractivity contribution >= 4 is 31.5 Å². The molecule has 0 saturated heterocycles. The maximum atomic E-state index is 12.2. The fourth-order valence-corrected chi connectivity index (χ4v) is 3.50. The maximum Gasteiger partial charge on any atom is 0.184 e. The van der Waals surface area contributed by atoms with Crippen molar-refractivity contribution < 1.29 is 8.42 Å². The molecule has 1 aromatic heterocycles. The van der Waals surface area contributed by atoms with E-state index in [1.54, 1.807) is 18.2 Å². The van der Waals surface area contributed by atoms with Crippen LogP contribution < -0.4 is 5.73 Å². The molecule has 2 N–H and O–H groups in total. The van der Waals surface area contributed by atoms with Crippen molar-refractivity contribution in [2.45, 2.75) is 10.6 Å². The molecule has 4 nitrogen and oxygen atoms in total. The Bertz CT molecular complexity index is 671. The average Bonchev–Trinajstić information content (AvgIpc) is 2.28. The largest absolute Gasteiger partial charge is 0.396 e. The Labute approximate surface area is 114 Å². The van der Waals surface area contributed by atoms with Gasteiger partial charge in [0.1, 0.15) is 0 Å². The lowest BCUT2D eigenvalue weighted by molar-refractivity contribution is 0.595. The smallest absolute Gasteiger partial charge is 0.184 e. The van der Waals surface area contributed by atoms with E-state index in [1.165, 1.54) is 18.5 Å².